The van der Waals surface area contributed by atoms with Gasteiger partial charge in [-0.25, -0.2) is 4.68 Å². The number of rotatable bonds is 1. The number of nitrogens with one attached hydrogen (secondary N) is 1. The van der Waals surface area contributed by atoms with Gasteiger partial charge in [-0.15, -0.1) is 0 Å². The Morgan fingerprint density at radius 1 is 0.938 bits per heavy atom. The van der Waals surface area contributed by atoms with E-state index in [-0.39, 0.29) is 22.9 Å². The first kappa shape index (κ1) is 20.8. The Morgan fingerprint density at radius 3 is 2.00 bits per heavy atom. The number of para-hydroxylation sites is 1. The van der Waals surface area contributed by atoms with Crippen molar-refractivity contribution in [1.29, 1.82) is 0 Å². The topological polar surface area (TPSA) is 87.0 Å². The number of hydrogen-bond donors (Lipinski definition) is 3. The molecule has 0 unspecified atom stereocenters. The van der Waals surface area contributed by atoms with Crippen molar-refractivity contribution in [3.8, 4) is 17.2 Å². The molecule has 0 aliphatic carbocycles. The molecule has 2 aromatic carbocycles. The summed E-state index contributed by atoms with van der Waals surface area (Å²) in [5, 5.41) is 25.6. The van der Waals surface area contributed by atoms with Crippen LogP contribution in [0.2, 0.25) is 0 Å². The Kier molecular flexibility index (Phi) is 5.07. The van der Waals surface area contributed by atoms with Gasteiger partial charge < -0.3 is 10.2 Å². The van der Waals surface area contributed by atoms with Gasteiger partial charge in [0.25, 0.3) is 5.56 Å². The first-order valence-corrected chi connectivity index (χ1v) is 12.1. The summed E-state index contributed by atoms with van der Waals surface area (Å²) in [6.07, 6.45) is 0. The average Bonchev–Trinajstić information content (AvgIpc) is 3.50. The number of phenolic OH excluding ortho intramolecular Hbond substituents is 2. The fourth-order valence-corrected chi connectivity index (χ4v) is 8.44. The zero-order valence-electron chi connectivity index (χ0n) is 15.9. The smallest absolute Gasteiger partial charge is 0.505 e. The Balaban J connectivity index is 1.65. The highest BCUT2D eigenvalue weighted by atomic mass is 32.2. The first-order chi connectivity index (χ1) is 15.4. The molecule has 2 aliphatic heterocycles. The standard InChI is InChI=1S/C21H10N4O3S4/c1-9-11(19(28)25(24-9)10-7-5-4-6-8-10)20-29-14-12(26)16-17(13(27)15(14)30-20)32-21(31-16)18(22-2)23-3/h4-8,24,26-27H,1H2. The zero-order chi connectivity index (χ0) is 22.6. The van der Waals surface area contributed by atoms with Gasteiger partial charge in [0.15, 0.2) is 0 Å². The number of nitrogens with zero attached hydrogens (tertiary/aromatic N) is 3. The molecule has 0 radical (unpaired) electrons. The maximum Gasteiger partial charge on any atom is 0.540 e. The molecule has 32 heavy (non-hydrogen) atoms. The summed E-state index contributed by atoms with van der Waals surface area (Å²) in [6, 6.07) is 9.13. The lowest BCUT2D eigenvalue weighted by molar-refractivity contribution is 0.411. The van der Waals surface area contributed by atoms with Gasteiger partial charge in [0.1, 0.15) is 28.9 Å². The summed E-state index contributed by atoms with van der Waals surface area (Å²) in [6.45, 7) is 18.3. The molecule has 0 saturated carbocycles. The zero-order valence-corrected chi connectivity index (χ0v) is 19.1. The maximum absolute atomic E-state index is 13.1. The summed E-state index contributed by atoms with van der Waals surface area (Å²) >= 11 is 4.57. The number of H-pyrrole nitrogens is 1. The molecule has 156 valence electrons. The Labute approximate surface area is 198 Å². The van der Waals surface area contributed by atoms with Crippen LogP contribution in [0, 0.1) is 13.1 Å². The molecule has 5 rings (SSSR count). The molecule has 11 heteroatoms. The van der Waals surface area contributed by atoms with Crippen LogP contribution in [0.15, 0.2) is 64.8 Å². The van der Waals surface area contributed by atoms with Crippen molar-refractivity contribution in [2.24, 2.45) is 0 Å². The third kappa shape index (κ3) is 3.05. The fourth-order valence-electron chi connectivity index (χ4n) is 3.19. The number of aromatic amines is 1. The molecule has 0 bridgehead atoms. The minimum atomic E-state index is -0.275. The molecule has 1 aromatic heterocycles. The molecule has 0 saturated heterocycles. The van der Waals surface area contributed by atoms with Crippen LogP contribution in [0.1, 0.15) is 0 Å². The number of thioether (sulfide) groups is 4. The van der Waals surface area contributed by atoms with Crippen LogP contribution in [0.4, 0.5) is 0 Å². The number of aromatic hydroxyl groups is 2. The average molecular weight is 495 g/mol. The Morgan fingerprint density at radius 2 is 1.47 bits per heavy atom. The van der Waals surface area contributed by atoms with E-state index in [1.165, 1.54) is 28.2 Å². The number of phenols is 2. The van der Waals surface area contributed by atoms with E-state index < -0.39 is 0 Å². The van der Waals surface area contributed by atoms with Crippen LogP contribution < -0.4 is 16.1 Å². The van der Waals surface area contributed by atoms with Crippen molar-refractivity contribution in [2.45, 2.75) is 19.6 Å². The first-order valence-electron chi connectivity index (χ1n) is 8.86. The Bertz CT molecular complexity index is 1550. The number of aromatic nitrogens is 2. The lowest BCUT2D eigenvalue weighted by atomic mass is 10.3. The monoisotopic (exact) mass is 494 g/mol. The molecule has 7 nitrogen and oxygen atoms in total. The van der Waals surface area contributed by atoms with E-state index >= 15 is 0 Å². The van der Waals surface area contributed by atoms with Crippen LogP contribution in [0.5, 0.6) is 11.5 Å². The van der Waals surface area contributed by atoms with Gasteiger partial charge in [-0.1, -0.05) is 71.8 Å². The molecule has 0 spiro atoms. The van der Waals surface area contributed by atoms with Crippen molar-refractivity contribution >= 4 is 57.9 Å². The highest BCUT2D eigenvalue weighted by Gasteiger charge is 2.37. The van der Waals surface area contributed by atoms with Gasteiger partial charge in [0.05, 0.1) is 40.1 Å². The minimum Gasteiger partial charge on any atom is -0.505 e. The molecule has 0 atom stereocenters. The van der Waals surface area contributed by atoms with Gasteiger partial charge in [0, 0.05) is 0 Å². The summed E-state index contributed by atoms with van der Waals surface area (Å²) in [4.78, 5) is 21.3. The molecular weight excluding hydrogens is 485 g/mol. The van der Waals surface area contributed by atoms with Crippen molar-refractivity contribution in [1.82, 2.24) is 9.78 Å². The van der Waals surface area contributed by atoms with Gasteiger partial charge in [-0.05, 0) is 12.1 Å². The van der Waals surface area contributed by atoms with E-state index in [4.69, 9.17) is 13.1 Å². The lowest BCUT2D eigenvalue weighted by Crippen LogP contribution is -2.34. The second kappa shape index (κ2) is 7.80. The summed E-state index contributed by atoms with van der Waals surface area (Å²) in [7, 11) is 0. The van der Waals surface area contributed by atoms with Gasteiger partial charge in [-0.2, -0.15) is 9.69 Å². The van der Waals surface area contributed by atoms with Crippen LogP contribution >= 0.6 is 47.0 Å². The predicted octanol–water partition coefficient (Wildman–Crippen LogP) is 4.11. The van der Waals surface area contributed by atoms with Crippen molar-refractivity contribution in [2.75, 3.05) is 0 Å². The number of benzene rings is 2. The molecule has 0 fully saturated rings. The van der Waals surface area contributed by atoms with E-state index in [1.54, 1.807) is 12.1 Å². The highest BCUT2D eigenvalue weighted by molar-refractivity contribution is 8.32. The quantitative estimate of drug-likeness (QED) is 0.347. The van der Waals surface area contributed by atoms with Crippen LogP contribution in [0.25, 0.3) is 26.2 Å². The van der Waals surface area contributed by atoms with Crippen LogP contribution in [0.3, 0.4) is 0 Å². The fraction of sp³-hybridized carbons (Fsp3) is 0. The number of hydrogen-bond acceptors (Lipinski definition) is 7. The Hall–Kier alpha value is -3.09. The number of fused-ring (bicyclic) bond motifs is 2. The van der Waals surface area contributed by atoms with Crippen molar-refractivity contribution in [3.63, 3.8) is 0 Å². The summed E-state index contributed by atoms with van der Waals surface area (Å²) in [5.41, 5.74) is 0.398. The van der Waals surface area contributed by atoms with E-state index in [0.29, 0.717) is 44.3 Å². The molecule has 3 heterocycles. The predicted molar refractivity (Wildman–Crippen MR) is 128 cm³/mol. The van der Waals surface area contributed by atoms with Crippen molar-refractivity contribution in [3.05, 3.63) is 84.1 Å². The van der Waals surface area contributed by atoms with Gasteiger partial charge in [0.2, 0.25) is 0 Å². The molecule has 0 amide bonds. The SMILES string of the molecule is [C-]#[N+]C([N+]#[C-])=C1Sc2c(O)c3c(c(O)c2S1)SC(=c1c(=C)[nH]n(-c2ccccc2)c1=O)S3. The third-order valence-corrected chi connectivity index (χ3v) is 9.81. The van der Waals surface area contributed by atoms with Gasteiger partial charge in [-0.3, -0.25) is 9.89 Å². The second-order valence-corrected chi connectivity index (χ2v) is 11.1. The van der Waals surface area contributed by atoms with Gasteiger partial charge >= 0.3 is 5.82 Å². The van der Waals surface area contributed by atoms with Crippen LogP contribution in [-0.2, 0) is 0 Å². The van der Waals surface area contributed by atoms with E-state index in [0.717, 1.165) is 23.5 Å². The maximum atomic E-state index is 13.1. The largest absolute Gasteiger partial charge is 0.540 e. The normalized spacial score (nSPS) is 14.1. The van der Waals surface area contributed by atoms with Crippen LogP contribution in [-0.4, -0.2) is 20.0 Å². The van der Waals surface area contributed by atoms with E-state index in [2.05, 4.69) is 21.4 Å². The highest BCUT2D eigenvalue weighted by Crippen LogP contribution is 2.67. The summed E-state index contributed by atoms with van der Waals surface area (Å²) in [5.74, 6) is -0.170. The second-order valence-electron chi connectivity index (χ2n) is 6.49. The van der Waals surface area contributed by atoms with Crippen molar-refractivity contribution < 1.29 is 10.2 Å². The van der Waals surface area contributed by atoms with E-state index in [9.17, 15) is 15.0 Å². The molecule has 2 aliphatic rings. The summed E-state index contributed by atoms with van der Waals surface area (Å²) < 4.78 is 2.44. The minimum absolute atomic E-state index is 0.0355. The lowest BCUT2D eigenvalue weighted by Gasteiger charge is -2.08. The third-order valence-electron chi connectivity index (χ3n) is 4.63. The van der Waals surface area contributed by atoms with E-state index in [1.807, 2.05) is 18.2 Å². The molecular formula is C21H10N4O3S4. The molecule has 3 N–H and O–H groups in total. The molecule has 3 aromatic rings.